The van der Waals surface area contributed by atoms with E-state index >= 15 is 0 Å². The molecule has 2 aromatic carbocycles. The molecule has 0 fully saturated rings. The van der Waals surface area contributed by atoms with Crippen molar-refractivity contribution in [1.82, 2.24) is 14.8 Å². The summed E-state index contributed by atoms with van der Waals surface area (Å²) in [6.07, 6.45) is 0.740. The molecule has 8 nitrogen and oxygen atoms in total. The third kappa shape index (κ3) is 5.20. The van der Waals surface area contributed by atoms with Crippen LogP contribution in [0.2, 0.25) is 0 Å². The van der Waals surface area contributed by atoms with E-state index in [-0.39, 0.29) is 12.5 Å². The normalized spacial score (nSPS) is 10.9. The van der Waals surface area contributed by atoms with Gasteiger partial charge in [0.25, 0.3) is 5.91 Å². The Morgan fingerprint density at radius 2 is 1.75 bits per heavy atom. The fourth-order valence-corrected chi connectivity index (χ4v) is 3.62. The van der Waals surface area contributed by atoms with Gasteiger partial charge in [0.15, 0.2) is 0 Å². The van der Waals surface area contributed by atoms with Crippen molar-refractivity contribution >= 4 is 23.1 Å². The van der Waals surface area contributed by atoms with Gasteiger partial charge in [-0.3, -0.25) is 4.79 Å². The van der Waals surface area contributed by atoms with Gasteiger partial charge >= 0.3 is 0 Å². The molecule has 0 spiro atoms. The van der Waals surface area contributed by atoms with Gasteiger partial charge in [-0.2, -0.15) is 0 Å². The minimum atomic E-state index is -0.257. The van der Waals surface area contributed by atoms with Crippen molar-refractivity contribution in [2.24, 2.45) is 0 Å². The SMILES string of the molecule is COc1cccc(CN(C)CCN(CC=O)C(=O)c2cc3c(OC)ccc(OC)c3[nH]2)c1. The molecule has 0 radical (unpaired) electrons. The number of methoxy groups -OCH3 is 3. The monoisotopic (exact) mass is 439 g/mol. The average molecular weight is 440 g/mol. The van der Waals surface area contributed by atoms with Crippen molar-refractivity contribution in [1.29, 1.82) is 0 Å². The zero-order valence-electron chi connectivity index (χ0n) is 18.9. The lowest BCUT2D eigenvalue weighted by molar-refractivity contribution is -0.108. The number of carbonyl (C=O) groups excluding carboxylic acids is 2. The molecule has 1 amide bonds. The molecule has 0 saturated heterocycles. The number of rotatable bonds is 11. The van der Waals surface area contributed by atoms with Crippen LogP contribution in [-0.2, 0) is 11.3 Å². The van der Waals surface area contributed by atoms with Crippen LogP contribution in [-0.4, -0.2) is 75.0 Å². The van der Waals surface area contributed by atoms with Crippen molar-refractivity contribution in [2.75, 3.05) is 48.0 Å². The summed E-state index contributed by atoms with van der Waals surface area (Å²) in [4.78, 5) is 31.2. The molecule has 3 aromatic rings. The number of benzene rings is 2. The summed E-state index contributed by atoms with van der Waals surface area (Å²) in [5.41, 5.74) is 2.16. The summed E-state index contributed by atoms with van der Waals surface area (Å²) in [5, 5.41) is 0.747. The van der Waals surface area contributed by atoms with Crippen molar-refractivity contribution in [3.8, 4) is 17.2 Å². The van der Waals surface area contributed by atoms with Gasteiger partial charge in [0.05, 0.1) is 33.4 Å². The van der Waals surface area contributed by atoms with Gasteiger partial charge in [-0.15, -0.1) is 0 Å². The molecule has 170 valence electrons. The number of nitrogens with zero attached hydrogens (tertiary/aromatic N) is 2. The third-order valence-electron chi connectivity index (χ3n) is 5.31. The fourth-order valence-electron chi connectivity index (χ4n) is 3.62. The Balaban J connectivity index is 1.73. The molecule has 1 aromatic heterocycles. The first-order valence-electron chi connectivity index (χ1n) is 10.3. The number of fused-ring (bicyclic) bond motifs is 1. The second kappa shape index (κ2) is 10.7. The van der Waals surface area contributed by atoms with Crippen LogP contribution < -0.4 is 14.2 Å². The van der Waals surface area contributed by atoms with Crippen LogP contribution in [0.5, 0.6) is 17.2 Å². The lowest BCUT2D eigenvalue weighted by atomic mass is 10.2. The summed E-state index contributed by atoms with van der Waals surface area (Å²) < 4.78 is 16.1. The number of nitrogens with one attached hydrogen (secondary N) is 1. The van der Waals surface area contributed by atoms with Crippen LogP contribution in [0.3, 0.4) is 0 Å². The highest BCUT2D eigenvalue weighted by Crippen LogP contribution is 2.33. The Labute approximate surface area is 187 Å². The van der Waals surface area contributed by atoms with Crippen LogP contribution in [0, 0.1) is 0 Å². The number of ether oxygens (including phenoxy) is 3. The number of amides is 1. The number of aromatic nitrogens is 1. The van der Waals surface area contributed by atoms with Crippen molar-refractivity contribution in [2.45, 2.75) is 6.54 Å². The maximum atomic E-state index is 13.2. The van der Waals surface area contributed by atoms with Crippen LogP contribution in [0.15, 0.2) is 42.5 Å². The van der Waals surface area contributed by atoms with Crippen LogP contribution in [0.1, 0.15) is 16.1 Å². The molecule has 0 aliphatic heterocycles. The molecule has 0 saturated carbocycles. The maximum Gasteiger partial charge on any atom is 0.270 e. The van der Waals surface area contributed by atoms with E-state index in [0.717, 1.165) is 23.0 Å². The number of hydrogen-bond acceptors (Lipinski definition) is 6. The Bertz CT molecular complexity index is 1040. The zero-order valence-corrected chi connectivity index (χ0v) is 18.9. The molecule has 0 aliphatic carbocycles. The summed E-state index contributed by atoms with van der Waals surface area (Å²) >= 11 is 0. The van der Waals surface area contributed by atoms with Gasteiger partial charge < -0.3 is 33.8 Å². The largest absolute Gasteiger partial charge is 0.497 e. The lowest BCUT2D eigenvalue weighted by Gasteiger charge is -2.24. The Hall–Kier alpha value is -3.52. The number of hydrogen-bond donors (Lipinski definition) is 1. The maximum absolute atomic E-state index is 13.2. The first kappa shape index (κ1) is 23.1. The zero-order chi connectivity index (χ0) is 23.1. The molecular weight excluding hydrogens is 410 g/mol. The molecule has 0 aliphatic rings. The predicted molar refractivity (Wildman–Crippen MR) is 123 cm³/mol. The molecule has 3 rings (SSSR count). The van der Waals surface area contributed by atoms with Gasteiger partial charge in [-0.25, -0.2) is 0 Å². The highest BCUT2D eigenvalue weighted by molar-refractivity contribution is 6.01. The lowest BCUT2D eigenvalue weighted by Crippen LogP contribution is -2.38. The van der Waals surface area contributed by atoms with E-state index in [4.69, 9.17) is 14.2 Å². The number of carbonyl (C=O) groups is 2. The van der Waals surface area contributed by atoms with Crippen LogP contribution >= 0.6 is 0 Å². The minimum absolute atomic E-state index is 0.00939. The minimum Gasteiger partial charge on any atom is -0.497 e. The molecule has 0 bridgehead atoms. The summed E-state index contributed by atoms with van der Waals surface area (Å²) in [7, 11) is 6.76. The third-order valence-corrected chi connectivity index (χ3v) is 5.31. The van der Waals surface area contributed by atoms with Crippen molar-refractivity contribution in [3.63, 3.8) is 0 Å². The molecule has 32 heavy (non-hydrogen) atoms. The molecule has 1 heterocycles. The second-order valence-electron chi connectivity index (χ2n) is 7.45. The van der Waals surface area contributed by atoms with E-state index in [1.165, 1.54) is 4.90 Å². The first-order chi connectivity index (χ1) is 15.5. The van der Waals surface area contributed by atoms with E-state index in [1.54, 1.807) is 39.5 Å². The standard InChI is InChI=1S/C24H29N3O5/c1-26(16-17-6-5-7-18(14-17)30-2)10-11-27(12-13-28)24(29)20-15-19-21(31-3)8-9-22(32-4)23(19)25-20/h5-9,13-15,25H,10-12,16H2,1-4H3. The number of likely N-dealkylation sites (N-methyl/N-ethyl adjacent to an activating group) is 1. The predicted octanol–water partition coefficient (Wildman–Crippen LogP) is 2.97. The van der Waals surface area contributed by atoms with Gasteiger partial charge in [0.2, 0.25) is 0 Å². The van der Waals surface area contributed by atoms with E-state index in [1.807, 2.05) is 31.3 Å². The summed E-state index contributed by atoms with van der Waals surface area (Å²) in [6, 6.07) is 13.2. The van der Waals surface area contributed by atoms with Gasteiger partial charge in [0, 0.05) is 25.0 Å². The van der Waals surface area contributed by atoms with Gasteiger partial charge in [-0.1, -0.05) is 12.1 Å². The Morgan fingerprint density at radius 1 is 1.00 bits per heavy atom. The summed E-state index contributed by atoms with van der Waals surface area (Å²) in [6.45, 7) is 1.71. The van der Waals surface area contributed by atoms with Crippen LogP contribution in [0.4, 0.5) is 0 Å². The van der Waals surface area contributed by atoms with Gasteiger partial charge in [-0.05, 0) is 42.9 Å². The van der Waals surface area contributed by atoms with E-state index in [0.29, 0.717) is 42.3 Å². The quantitative estimate of drug-likeness (QED) is 0.463. The highest BCUT2D eigenvalue weighted by Gasteiger charge is 2.20. The summed E-state index contributed by atoms with van der Waals surface area (Å²) in [5.74, 6) is 1.79. The fraction of sp³-hybridized carbons (Fsp3) is 0.333. The van der Waals surface area contributed by atoms with E-state index in [2.05, 4.69) is 9.88 Å². The van der Waals surface area contributed by atoms with Gasteiger partial charge in [0.1, 0.15) is 29.2 Å². The first-order valence-corrected chi connectivity index (χ1v) is 10.3. The Morgan fingerprint density at radius 3 is 2.44 bits per heavy atom. The Kier molecular flexibility index (Phi) is 7.72. The number of aldehydes is 1. The topological polar surface area (TPSA) is 84.1 Å². The molecule has 0 atom stereocenters. The molecule has 8 heteroatoms. The number of H-pyrrole nitrogens is 1. The van der Waals surface area contributed by atoms with Crippen LogP contribution in [0.25, 0.3) is 10.9 Å². The molecular formula is C24H29N3O5. The molecule has 0 unspecified atom stereocenters. The molecule has 1 N–H and O–H groups in total. The average Bonchev–Trinajstić information content (AvgIpc) is 3.26. The van der Waals surface area contributed by atoms with Crippen molar-refractivity contribution in [3.05, 3.63) is 53.7 Å². The number of aromatic amines is 1. The van der Waals surface area contributed by atoms with E-state index in [9.17, 15) is 9.59 Å². The van der Waals surface area contributed by atoms with Crippen molar-refractivity contribution < 1.29 is 23.8 Å². The second-order valence-corrected chi connectivity index (χ2v) is 7.45. The van der Waals surface area contributed by atoms with E-state index < -0.39 is 0 Å². The highest BCUT2D eigenvalue weighted by atomic mass is 16.5. The smallest absolute Gasteiger partial charge is 0.270 e.